The summed E-state index contributed by atoms with van der Waals surface area (Å²) in [5.74, 6) is -0.189. The number of halogens is 1. The predicted molar refractivity (Wildman–Crippen MR) is 52.0 cm³/mol. The molecule has 70 valence electrons. The standard InChI is InChI=1S/C9H9BrO3/c1-13-8-3-6(4-9(11)12)2-7(10)5-8/h2-3,5H,4H2,1H3,(H,11,12). The number of ether oxygens (including phenoxy) is 1. The van der Waals surface area contributed by atoms with Crippen LogP contribution >= 0.6 is 15.9 Å². The summed E-state index contributed by atoms with van der Waals surface area (Å²) >= 11 is 3.27. The van der Waals surface area contributed by atoms with Crippen LogP contribution in [0, 0.1) is 0 Å². The van der Waals surface area contributed by atoms with E-state index in [-0.39, 0.29) is 6.42 Å². The average molecular weight is 245 g/mol. The van der Waals surface area contributed by atoms with Gasteiger partial charge in [-0.1, -0.05) is 15.9 Å². The van der Waals surface area contributed by atoms with Gasteiger partial charge in [-0.05, 0) is 23.8 Å². The van der Waals surface area contributed by atoms with Gasteiger partial charge in [-0.2, -0.15) is 0 Å². The lowest BCUT2D eigenvalue weighted by Gasteiger charge is -2.03. The highest BCUT2D eigenvalue weighted by molar-refractivity contribution is 9.10. The van der Waals surface area contributed by atoms with E-state index in [1.807, 2.05) is 0 Å². The number of methoxy groups -OCH3 is 1. The molecule has 0 aliphatic rings. The molecule has 4 heteroatoms. The van der Waals surface area contributed by atoms with Crippen molar-refractivity contribution in [3.05, 3.63) is 28.2 Å². The Kier molecular flexibility index (Phi) is 3.31. The Morgan fingerprint density at radius 1 is 1.54 bits per heavy atom. The highest BCUT2D eigenvalue weighted by Gasteiger charge is 2.03. The minimum Gasteiger partial charge on any atom is -0.497 e. The second-order valence-electron chi connectivity index (χ2n) is 2.57. The van der Waals surface area contributed by atoms with Crippen molar-refractivity contribution in [3.8, 4) is 5.75 Å². The van der Waals surface area contributed by atoms with Crippen molar-refractivity contribution >= 4 is 21.9 Å². The highest BCUT2D eigenvalue weighted by Crippen LogP contribution is 2.21. The van der Waals surface area contributed by atoms with Crippen LogP contribution in [0.15, 0.2) is 22.7 Å². The summed E-state index contributed by atoms with van der Waals surface area (Å²) in [7, 11) is 1.55. The number of rotatable bonds is 3. The van der Waals surface area contributed by atoms with Crippen LogP contribution in [0.3, 0.4) is 0 Å². The minimum absolute atomic E-state index is 0.00972. The normalized spacial score (nSPS) is 9.69. The Morgan fingerprint density at radius 2 is 2.23 bits per heavy atom. The van der Waals surface area contributed by atoms with Crippen LogP contribution in [0.4, 0.5) is 0 Å². The fourth-order valence-electron chi connectivity index (χ4n) is 1.02. The van der Waals surface area contributed by atoms with Gasteiger partial charge in [-0.25, -0.2) is 0 Å². The summed E-state index contributed by atoms with van der Waals surface area (Å²) in [6.07, 6.45) is 0.00972. The van der Waals surface area contributed by atoms with Gasteiger partial charge in [0.2, 0.25) is 0 Å². The second-order valence-corrected chi connectivity index (χ2v) is 3.49. The zero-order valence-electron chi connectivity index (χ0n) is 7.08. The first kappa shape index (κ1) is 10.1. The molecule has 0 aliphatic heterocycles. The fourth-order valence-corrected chi connectivity index (χ4v) is 1.53. The van der Waals surface area contributed by atoms with Gasteiger partial charge in [0.15, 0.2) is 0 Å². The third-order valence-electron chi connectivity index (χ3n) is 1.52. The molecule has 1 aromatic carbocycles. The Labute approximate surface area is 84.5 Å². The first-order valence-corrected chi connectivity index (χ1v) is 4.46. The first-order chi connectivity index (χ1) is 6.11. The Morgan fingerprint density at radius 3 is 2.77 bits per heavy atom. The van der Waals surface area contributed by atoms with Gasteiger partial charge in [-0.3, -0.25) is 4.79 Å². The number of benzene rings is 1. The average Bonchev–Trinajstić information content (AvgIpc) is 2.01. The van der Waals surface area contributed by atoms with E-state index in [9.17, 15) is 4.79 Å². The van der Waals surface area contributed by atoms with E-state index >= 15 is 0 Å². The summed E-state index contributed by atoms with van der Waals surface area (Å²) in [6, 6.07) is 5.25. The number of carboxylic acids is 1. The summed E-state index contributed by atoms with van der Waals surface area (Å²) in [6.45, 7) is 0. The molecule has 0 aliphatic carbocycles. The molecule has 1 N–H and O–H groups in total. The molecule has 0 spiro atoms. The highest BCUT2D eigenvalue weighted by atomic mass is 79.9. The van der Waals surface area contributed by atoms with Crippen LogP contribution in [0.1, 0.15) is 5.56 Å². The van der Waals surface area contributed by atoms with Crippen LogP contribution in [0.2, 0.25) is 0 Å². The van der Waals surface area contributed by atoms with E-state index < -0.39 is 5.97 Å². The molecule has 0 amide bonds. The van der Waals surface area contributed by atoms with Crippen molar-refractivity contribution < 1.29 is 14.6 Å². The molecule has 0 radical (unpaired) electrons. The maximum absolute atomic E-state index is 10.4. The lowest BCUT2D eigenvalue weighted by atomic mass is 10.1. The molecule has 1 rings (SSSR count). The third kappa shape index (κ3) is 3.06. The Bertz CT molecular complexity index is 323. The minimum atomic E-state index is -0.847. The second kappa shape index (κ2) is 4.28. The molecule has 0 fully saturated rings. The van der Waals surface area contributed by atoms with Gasteiger partial charge in [0.1, 0.15) is 5.75 Å². The molecule has 0 saturated carbocycles. The third-order valence-corrected chi connectivity index (χ3v) is 1.98. The van der Waals surface area contributed by atoms with E-state index in [1.165, 1.54) is 0 Å². The molecule has 13 heavy (non-hydrogen) atoms. The SMILES string of the molecule is COc1cc(Br)cc(CC(=O)O)c1. The van der Waals surface area contributed by atoms with Crippen LogP contribution in [-0.4, -0.2) is 18.2 Å². The molecule has 0 bridgehead atoms. The Balaban J connectivity index is 2.94. The van der Waals surface area contributed by atoms with E-state index in [0.717, 1.165) is 10.0 Å². The van der Waals surface area contributed by atoms with Crippen LogP contribution in [-0.2, 0) is 11.2 Å². The van der Waals surface area contributed by atoms with Gasteiger partial charge >= 0.3 is 5.97 Å². The summed E-state index contributed by atoms with van der Waals surface area (Å²) in [5.41, 5.74) is 0.721. The van der Waals surface area contributed by atoms with Crippen molar-refractivity contribution in [1.82, 2.24) is 0 Å². The quantitative estimate of drug-likeness (QED) is 0.886. The topological polar surface area (TPSA) is 46.5 Å². The zero-order valence-corrected chi connectivity index (χ0v) is 8.67. The molecule has 0 unspecified atom stereocenters. The lowest BCUT2D eigenvalue weighted by Crippen LogP contribution is -2.00. The summed E-state index contributed by atoms with van der Waals surface area (Å²) in [5, 5.41) is 8.57. The molecule has 0 atom stereocenters. The van der Waals surface area contributed by atoms with E-state index in [2.05, 4.69) is 15.9 Å². The smallest absolute Gasteiger partial charge is 0.307 e. The number of hydrogen-bond donors (Lipinski definition) is 1. The van der Waals surface area contributed by atoms with E-state index in [1.54, 1.807) is 25.3 Å². The summed E-state index contributed by atoms with van der Waals surface area (Å²) in [4.78, 5) is 10.4. The number of carboxylic acid groups (broad SMARTS) is 1. The van der Waals surface area contributed by atoms with Crippen molar-refractivity contribution in [2.75, 3.05) is 7.11 Å². The first-order valence-electron chi connectivity index (χ1n) is 3.67. The molecule has 0 heterocycles. The maximum atomic E-state index is 10.4. The fraction of sp³-hybridized carbons (Fsp3) is 0.222. The molecule has 0 aromatic heterocycles. The molecule has 0 saturated heterocycles. The van der Waals surface area contributed by atoms with Gasteiger partial charge in [0.05, 0.1) is 13.5 Å². The summed E-state index contributed by atoms with van der Waals surface area (Å²) < 4.78 is 5.82. The number of aliphatic carboxylic acids is 1. The number of carbonyl (C=O) groups is 1. The van der Waals surface area contributed by atoms with Crippen LogP contribution in [0.5, 0.6) is 5.75 Å². The number of hydrogen-bond acceptors (Lipinski definition) is 2. The lowest BCUT2D eigenvalue weighted by molar-refractivity contribution is -0.136. The zero-order chi connectivity index (χ0) is 9.84. The van der Waals surface area contributed by atoms with Crippen molar-refractivity contribution in [2.45, 2.75) is 6.42 Å². The van der Waals surface area contributed by atoms with E-state index in [4.69, 9.17) is 9.84 Å². The molecule has 1 aromatic rings. The molecular weight excluding hydrogens is 236 g/mol. The van der Waals surface area contributed by atoms with Gasteiger partial charge in [0.25, 0.3) is 0 Å². The van der Waals surface area contributed by atoms with Gasteiger partial charge < -0.3 is 9.84 Å². The van der Waals surface area contributed by atoms with Crippen LogP contribution < -0.4 is 4.74 Å². The Hall–Kier alpha value is -1.03. The monoisotopic (exact) mass is 244 g/mol. The van der Waals surface area contributed by atoms with Gasteiger partial charge in [0, 0.05) is 4.47 Å². The van der Waals surface area contributed by atoms with Crippen LogP contribution in [0.25, 0.3) is 0 Å². The molecular formula is C9H9BrO3. The van der Waals surface area contributed by atoms with Crippen molar-refractivity contribution in [2.24, 2.45) is 0 Å². The van der Waals surface area contributed by atoms with Gasteiger partial charge in [-0.15, -0.1) is 0 Å². The predicted octanol–water partition coefficient (Wildman–Crippen LogP) is 2.08. The largest absolute Gasteiger partial charge is 0.497 e. The molecule has 3 nitrogen and oxygen atoms in total. The van der Waals surface area contributed by atoms with Crippen molar-refractivity contribution in [1.29, 1.82) is 0 Å². The maximum Gasteiger partial charge on any atom is 0.307 e. The van der Waals surface area contributed by atoms with E-state index in [0.29, 0.717) is 5.75 Å². The van der Waals surface area contributed by atoms with Crippen molar-refractivity contribution in [3.63, 3.8) is 0 Å².